The maximum atomic E-state index is 5.81. The zero-order valence-electron chi connectivity index (χ0n) is 8.64. The molecule has 1 aliphatic heterocycles. The number of nitrogens with zero attached hydrogens (tertiary/aromatic N) is 3. The largest absolute Gasteiger partial charge is 0.370 e. The molecule has 0 aliphatic carbocycles. The van der Waals surface area contributed by atoms with Crippen LogP contribution in [0.2, 0.25) is 0 Å². The molecule has 2 rings (SSSR count). The lowest BCUT2D eigenvalue weighted by Crippen LogP contribution is -2.47. The van der Waals surface area contributed by atoms with Crippen LogP contribution in [0.15, 0.2) is 18.6 Å². The van der Waals surface area contributed by atoms with Crippen molar-refractivity contribution in [3.05, 3.63) is 18.6 Å². The number of morpholine rings is 1. The van der Waals surface area contributed by atoms with E-state index in [2.05, 4.69) is 14.9 Å². The van der Waals surface area contributed by atoms with Crippen LogP contribution in [0, 0.1) is 0 Å². The van der Waals surface area contributed by atoms with Crippen LogP contribution >= 0.6 is 11.6 Å². The lowest BCUT2D eigenvalue weighted by atomic mass is 10.2. The molecule has 1 saturated heterocycles. The fraction of sp³-hybridized carbons (Fsp3) is 0.600. The van der Waals surface area contributed by atoms with Crippen molar-refractivity contribution < 1.29 is 4.74 Å². The van der Waals surface area contributed by atoms with E-state index < -0.39 is 0 Å². The minimum atomic E-state index is 0.0809. The molecule has 2 unspecified atom stereocenters. The van der Waals surface area contributed by atoms with Crippen LogP contribution in [-0.2, 0) is 4.74 Å². The number of ether oxygens (including phenoxy) is 1. The lowest BCUT2D eigenvalue weighted by Gasteiger charge is -2.36. The van der Waals surface area contributed by atoms with Gasteiger partial charge < -0.3 is 9.64 Å². The first kappa shape index (κ1) is 10.6. The van der Waals surface area contributed by atoms with E-state index in [1.165, 1.54) is 0 Å². The van der Waals surface area contributed by atoms with Crippen LogP contribution in [0.5, 0.6) is 0 Å². The fourth-order valence-corrected chi connectivity index (χ4v) is 1.94. The Balaban J connectivity index is 2.09. The second kappa shape index (κ2) is 4.77. The number of rotatable bonds is 2. The Morgan fingerprint density at radius 3 is 3.07 bits per heavy atom. The molecule has 0 radical (unpaired) electrons. The molecule has 0 N–H and O–H groups in total. The second-order valence-corrected chi connectivity index (χ2v) is 4.00. The van der Waals surface area contributed by atoms with Crippen LogP contribution < -0.4 is 4.90 Å². The molecule has 4 nitrogen and oxygen atoms in total. The van der Waals surface area contributed by atoms with Crippen molar-refractivity contribution in [3.63, 3.8) is 0 Å². The van der Waals surface area contributed by atoms with Gasteiger partial charge in [0.15, 0.2) is 0 Å². The van der Waals surface area contributed by atoms with Gasteiger partial charge in [-0.05, 0) is 6.92 Å². The van der Waals surface area contributed by atoms with Gasteiger partial charge in [-0.25, -0.2) is 4.98 Å². The van der Waals surface area contributed by atoms with Crippen LogP contribution in [0.4, 0.5) is 5.82 Å². The summed E-state index contributed by atoms with van der Waals surface area (Å²) in [5.41, 5.74) is 0. The Morgan fingerprint density at radius 2 is 2.40 bits per heavy atom. The molecule has 2 heterocycles. The van der Waals surface area contributed by atoms with Gasteiger partial charge in [0.05, 0.1) is 24.3 Å². The molecule has 2 atom stereocenters. The molecule has 82 valence electrons. The van der Waals surface area contributed by atoms with Gasteiger partial charge in [-0.15, -0.1) is 11.6 Å². The maximum Gasteiger partial charge on any atom is 0.147 e. The highest BCUT2D eigenvalue weighted by molar-refractivity contribution is 6.18. The summed E-state index contributed by atoms with van der Waals surface area (Å²) in [5, 5.41) is 0. The number of alkyl halides is 1. The Hall–Kier alpha value is -0.870. The third-order valence-electron chi connectivity index (χ3n) is 2.37. The highest BCUT2D eigenvalue weighted by Gasteiger charge is 2.25. The minimum Gasteiger partial charge on any atom is -0.370 e. The van der Waals surface area contributed by atoms with Crippen LogP contribution in [0.1, 0.15) is 6.92 Å². The Labute approximate surface area is 94.2 Å². The molecule has 0 amide bonds. The third kappa shape index (κ3) is 2.58. The molecular weight excluding hydrogens is 214 g/mol. The number of hydrogen-bond acceptors (Lipinski definition) is 4. The summed E-state index contributed by atoms with van der Waals surface area (Å²) in [6, 6.07) is 0. The zero-order chi connectivity index (χ0) is 10.7. The van der Waals surface area contributed by atoms with Crippen molar-refractivity contribution in [2.45, 2.75) is 19.1 Å². The average Bonchev–Trinajstić information content (AvgIpc) is 2.29. The molecule has 0 saturated carbocycles. The quantitative estimate of drug-likeness (QED) is 0.715. The summed E-state index contributed by atoms with van der Waals surface area (Å²) < 4.78 is 5.67. The molecular formula is C10H14ClN3O. The predicted molar refractivity (Wildman–Crippen MR) is 59.3 cm³/mol. The molecule has 5 heteroatoms. The van der Waals surface area contributed by atoms with E-state index in [4.69, 9.17) is 16.3 Å². The van der Waals surface area contributed by atoms with Crippen molar-refractivity contribution in [2.75, 3.05) is 23.9 Å². The van der Waals surface area contributed by atoms with Gasteiger partial charge >= 0.3 is 0 Å². The second-order valence-electron chi connectivity index (χ2n) is 3.69. The number of aromatic nitrogens is 2. The third-order valence-corrected chi connectivity index (χ3v) is 2.72. The van der Waals surface area contributed by atoms with Gasteiger partial charge in [-0.3, -0.25) is 4.98 Å². The molecule has 1 aliphatic rings. The fourth-order valence-electron chi connectivity index (χ4n) is 1.77. The molecule has 0 bridgehead atoms. The van der Waals surface area contributed by atoms with Crippen molar-refractivity contribution in [1.82, 2.24) is 9.97 Å². The summed E-state index contributed by atoms with van der Waals surface area (Å²) in [6.45, 7) is 3.67. The normalized spacial score (nSPS) is 26.7. The van der Waals surface area contributed by atoms with Crippen molar-refractivity contribution in [3.8, 4) is 0 Å². The lowest BCUT2D eigenvalue weighted by molar-refractivity contribution is -0.00358. The van der Waals surface area contributed by atoms with Crippen LogP contribution in [-0.4, -0.2) is 41.1 Å². The van der Waals surface area contributed by atoms with Crippen molar-refractivity contribution in [1.29, 1.82) is 0 Å². The van der Waals surface area contributed by atoms with Gasteiger partial charge in [0, 0.05) is 25.5 Å². The number of hydrogen-bond donors (Lipinski definition) is 0. The van der Waals surface area contributed by atoms with E-state index in [0.717, 1.165) is 18.9 Å². The van der Waals surface area contributed by atoms with E-state index in [1.807, 2.05) is 6.92 Å². The standard InChI is InChI=1S/C10H14ClN3O/c1-8-6-14(7-9(4-11)15-8)10-5-12-2-3-13-10/h2-3,5,8-9H,4,6-7H2,1H3. The van der Waals surface area contributed by atoms with E-state index in [-0.39, 0.29) is 12.2 Å². The predicted octanol–water partition coefficient (Wildman–Crippen LogP) is 1.31. The SMILES string of the molecule is CC1CN(c2cnccn2)CC(CCl)O1. The summed E-state index contributed by atoms with van der Waals surface area (Å²) in [7, 11) is 0. The number of halogens is 1. The highest BCUT2D eigenvalue weighted by atomic mass is 35.5. The van der Waals surface area contributed by atoms with Crippen molar-refractivity contribution in [2.24, 2.45) is 0 Å². The summed E-state index contributed by atoms with van der Waals surface area (Å²) in [5.74, 6) is 1.41. The first-order chi connectivity index (χ1) is 7.29. The molecule has 1 fully saturated rings. The summed E-state index contributed by atoms with van der Waals surface area (Å²) in [6.07, 6.45) is 5.41. The smallest absolute Gasteiger partial charge is 0.147 e. The van der Waals surface area contributed by atoms with Gasteiger partial charge in [0.1, 0.15) is 5.82 Å². The van der Waals surface area contributed by atoms with E-state index in [0.29, 0.717) is 5.88 Å². The number of anilines is 1. The summed E-state index contributed by atoms with van der Waals surface area (Å²) >= 11 is 5.81. The van der Waals surface area contributed by atoms with Gasteiger partial charge in [-0.1, -0.05) is 0 Å². The first-order valence-corrected chi connectivity index (χ1v) is 5.55. The highest BCUT2D eigenvalue weighted by Crippen LogP contribution is 2.17. The Morgan fingerprint density at radius 1 is 1.53 bits per heavy atom. The van der Waals surface area contributed by atoms with E-state index in [9.17, 15) is 0 Å². The molecule has 1 aromatic rings. The van der Waals surface area contributed by atoms with E-state index >= 15 is 0 Å². The topological polar surface area (TPSA) is 38.2 Å². The van der Waals surface area contributed by atoms with Gasteiger partial charge in [0.25, 0.3) is 0 Å². The first-order valence-electron chi connectivity index (χ1n) is 5.02. The molecule has 0 aromatic carbocycles. The van der Waals surface area contributed by atoms with Crippen LogP contribution in [0.25, 0.3) is 0 Å². The molecule has 15 heavy (non-hydrogen) atoms. The monoisotopic (exact) mass is 227 g/mol. The molecule has 0 spiro atoms. The Kier molecular flexibility index (Phi) is 3.38. The Bertz CT molecular complexity index is 309. The minimum absolute atomic E-state index is 0.0809. The molecule has 1 aromatic heterocycles. The zero-order valence-corrected chi connectivity index (χ0v) is 9.39. The average molecular weight is 228 g/mol. The van der Waals surface area contributed by atoms with Crippen LogP contribution in [0.3, 0.4) is 0 Å². The van der Waals surface area contributed by atoms with Crippen molar-refractivity contribution >= 4 is 17.4 Å². The van der Waals surface area contributed by atoms with Gasteiger partial charge in [0.2, 0.25) is 0 Å². The maximum absolute atomic E-state index is 5.81. The summed E-state index contributed by atoms with van der Waals surface area (Å²) in [4.78, 5) is 10.5. The van der Waals surface area contributed by atoms with E-state index in [1.54, 1.807) is 18.6 Å². The van der Waals surface area contributed by atoms with Gasteiger partial charge in [-0.2, -0.15) is 0 Å².